The summed E-state index contributed by atoms with van der Waals surface area (Å²) in [6.45, 7) is 9.91. The minimum Gasteiger partial charge on any atom is -0.493 e. The summed E-state index contributed by atoms with van der Waals surface area (Å²) in [5.74, 6) is 0.890. The summed E-state index contributed by atoms with van der Waals surface area (Å²) < 4.78 is 5.76. The average molecular weight is 298 g/mol. The largest absolute Gasteiger partial charge is 0.493 e. The number of nitrogens with two attached hydrogens (primary N) is 1. The first-order chi connectivity index (χ1) is 10.6. The van der Waals surface area contributed by atoms with Gasteiger partial charge in [-0.3, -0.25) is 0 Å². The van der Waals surface area contributed by atoms with Crippen molar-refractivity contribution in [2.24, 2.45) is 0 Å². The van der Waals surface area contributed by atoms with E-state index in [1.807, 2.05) is 30.5 Å². The summed E-state index contributed by atoms with van der Waals surface area (Å²) in [4.78, 5) is 2.11. The Morgan fingerprint density at radius 1 is 1.27 bits per heavy atom. The lowest BCUT2D eigenvalue weighted by atomic mass is 10.1. The van der Waals surface area contributed by atoms with E-state index in [1.54, 1.807) is 0 Å². The minimum absolute atomic E-state index is 0.769. The number of hydrogen-bond acceptors (Lipinski definition) is 3. The highest BCUT2D eigenvalue weighted by molar-refractivity contribution is 5.50. The van der Waals surface area contributed by atoms with E-state index in [0.29, 0.717) is 0 Å². The number of hydrogen-bond donors (Lipinski definition) is 1. The number of allylic oxidation sites excluding steroid dienone is 2. The molecule has 0 aliphatic carbocycles. The first kappa shape index (κ1) is 16.2. The highest BCUT2D eigenvalue weighted by Crippen LogP contribution is 2.23. The van der Waals surface area contributed by atoms with E-state index in [2.05, 4.69) is 31.4 Å². The van der Waals surface area contributed by atoms with E-state index < -0.39 is 0 Å². The van der Waals surface area contributed by atoms with Gasteiger partial charge in [0, 0.05) is 30.2 Å². The number of nitrogens with zero attached hydrogens (tertiary/aromatic N) is 1. The van der Waals surface area contributed by atoms with Gasteiger partial charge in [-0.25, -0.2) is 0 Å². The van der Waals surface area contributed by atoms with Crippen LogP contribution in [0.1, 0.15) is 37.3 Å². The van der Waals surface area contributed by atoms with Crippen molar-refractivity contribution in [3.63, 3.8) is 0 Å². The Bertz CT molecular complexity index is 587. The molecule has 0 radical (unpaired) electrons. The summed E-state index contributed by atoms with van der Waals surface area (Å²) in [5.41, 5.74) is 10.1. The molecule has 1 aromatic rings. The van der Waals surface area contributed by atoms with Crippen LogP contribution in [-0.2, 0) is 11.3 Å². The second kappa shape index (κ2) is 7.74. The number of benzene rings is 1. The number of rotatable bonds is 7. The van der Waals surface area contributed by atoms with Gasteiger partial charge in [0.2, 0.25) is 0 Å². The third kappa shape index (κ3) is 4.17. The van der Waals surface area contributed by atoms with Gasteiger partial charge in [0.05, 0.1) is 6.61 Å². The van der Waals surface area contributed by atoms with Crippen LogP contribution in [0, 0.1) is 6.92 Å². The van der Waals surface area contributed by atoms with Crippen molar-refractivity contribution < 1.29 is 4.74 Å². The molecule has 0 atom stereocenters. The van der Waals surface area contributed by atoms with Crippen LogP contribution < -0.4 is 5.73 Å². The first-order valence-electron chi connectivity index (χ1n) is 7.94. The van der Waals surface area contributed by atoms with Crippen molar-refractivity contribution in [2.45, 2.75) is 39.7 Å². The fourth-order valence-corrected chi connectivity index (χ4v) is 2.40. The predicted octanol–water partition coefficient (Wildman–Crippen LogP) is 4.51. The number of anilines is 1. The van der Waals surface area contributed by atoms with E-state index in [0.717, 1.165) is 42.3 Å². The molecule has 0 aromatic heterocycles. The van der Waals surface area contributed by atoms with Crippen molar-refractivity contribution in [2.75, 3.05) is 12.3 Å². The summed E-state index contributed by atoms with van der Waals surface area (Å²) in [6, 6.07) is 6.03. The standard InChI is InChI=1S/C19H26N2O/c1-4-5-6-12-22-18-10-11-21(15(2)13-18)14-17-8-7-9-19(20)16(17)3/h7-11,13H,2,4-6,12,14,20H2,1,3H3. The van der Waals surface area contributed by atoms with E-state index in [9.17, 15) is 0 Å². The smallest absolute Gasteiger partial charge is 0.122 e. The molecule has 0 unspecified atom stereocenters. The lowest BCUT2D eigenvalue weighted by molar-refractivity contribution is 0.214. The highest BCUT2D eigenvalue weighted by Gasteiger charge is 2.12. The van der Waals surface area contributed by atoms with Gasteiger partial charge in [-0.15, -0.1) is 0 Å². The molecule has 2 N–H and O–H groups in total. The lowest BCUT2D eigenvalue weighted by Gasteiger charge is -2.25. The molecular formula is C19H26N2O. The van der Waals surface area contributed by atoms with Crippen molar-refractivity contribution in [3.8, 4) is 0 Å². The Morgan fingerprint density at radius 2 is 2.09 bits per heavy atom. The number of nitrogen functional groups attached to an aromatic ring is 1. The zero-order valence-electron chi connectivity index (χ0n) is 13.6. The molecule has 0 saturated heterocycles. The topological polar surface area (TPSA) is 38.5 Å². The van der Waals surface area contributed by atoms with Crippen LogP contribution >= 0.6 is 0 Å². The molecule has 3 heteroatoms. The third-order valence-electron chi connectivity index (χ3n) is 3.94. The second-order valence-electron chi connectivity index (χ2n) is 5.67. The van der Waals surface area contributed by atoms with Gasteiger partial charge in [-0.2, -0.15) is 0 Å². The second-order valence-corrected chi connectivity index (χ2v) is 5.67. The van der Waals surface area contributed by atoms with E-state index in [4.69, 9.17) is 10.5 Å². The van der Waals surface area contributed by atoms with Crippen LogP contribution in [0.15, 0.2) is 54.6 Å². The molecule has 0 spiro atoms. The fourth-order valence-electron chi connectivity index (χ4n) is 2.40. The SMILES string of the molecule is C=C1C=C(OCCCCC)C=CN1Cc1cccc(N)c1C. The van der Waals surface area contributed by atoms with Crippen molar-refractivity contribution in [3.05, 3.63) is 65.7 Å². The fraction of sp³-hybridized carbons (Fsp3) is 0.368. The first-order valence-corrected chi connectivity index (χ1v) is 7.94. The lowest BCUT2D eigenvalue weighted by Crippen LogP contribution is -2.18. The molecule has 1 heterocycles. The molecule has 1 aliphatic rings. The van der Waals surface area contributed by atoms with Gasteiger partial charge in [0.15, 0.2) is 0 Å². The molecule has 1 aliphatic heterocycles. The van der Waals surface area contributed by atoms with E-state index >= 15 is 0 Å². The quantitative estimate of drug-likeness (QED) is 0.594. The van der Waals surface area contributed by atoms with Crippen molar-refractivity contribution >= 4 is 5.69 Å². The number of ether oxygens (including phenoxy) is 1. The zero-order valence-corrected chi connectivity index (χ0v) is 13.6. The number of unbranched alkanes of at least 4 members (excludes halogenated alkanes) is 2. The van der Waals surface area contributed by atoms with Crippen LogP contribution in [0.2, 0.25) is 0 Å². The molecule has 0 saturated carbocycles. The molecule has 3 nitrogen and oxygen atoms in total. The molecule has 0 fully saturated rings. The monoisotopic (exact) mass is 298 g/mol. The normalized spacial score (nSPS) is 14.2. The van der Waals surface area contributed by atoms with Gasteiger partial charge < -0.3 is 15.4 Å². The van der Waals surface area contributed by atoms with E-state index in [-0.39, 0.29) is 0 Å². The van der Waals surface area contributed by atoms with E-state index in [1.165, 1.54) is 18.4 Å². The van der Waals surface area contributed by atoms with Crippen LogP contribution in [-0.4, -0.2) is 11.5 Å². The Hall–Kier alpha value is -2.16. The van der Waals surface area contributed by atoms with Gasteiger partial charge in [-0.1, -0.05) is 38.5 Å². The Balaban J connectivity index is 1.93. The summed E-state index contributed by atoms with van der Waals surface area (Å²) >= 11 is 0. The van der Waals surface area contributed by atoms with Crippen LogP contribution in [0.25, 0.3) is 0 Å². The summed E-state index contributed by atoms with van der Waals surface area (Å²) in [5, 5.41) is 0. The maximum atomic E-state index is 5.97. The maximum Gasteiger partial charge on any atom is 0.122 e. The third-order valence-corrected chi connectivity index (χ3v) is 3.94. The zero-order chi connectivity index (χ0) is 15.9. The van der Waals surface area contributed by atoms with Gasteiger partial charge in [-0.05, 0) is 36.6 Å². The van der Waals surface area contributed by atoms with Crippen LogP contribution in [0.3, 0.4) is 0 Å². The Morgan fingerprint density at radius 3 is 2.82 bits per heavy atom. The maximum absolute atomic E-state index is 5.97. The van der Waals surface area contributed by atoms with Gasteiger partial charge >= 0.3 is 0 Å². The minimum atomic E-state index is 0.769. The molecule has 118 valence electrons. The van der Waals surface area contributed by atoms with Crippen molar-refractivity contribution in [1.29, 1.82) is 0 Å². The van der Waals surface area contributed by atoms with Gasteiger partial charge in [0.25, 0.3) is 0 Å². The van der Waals surface area contributed by atoms with Crippen LogP contribution in [0.4, 0.5) is 5.69 Å². The molecule has 0 bridgehead atoms. The van der Waals surface area contributed by atoms with Crippen LogP contribution in [0.5, 0.6) is 0 Å². The predicted molar refractivity (Wildman–Crippen MR) is 93.0 cm³/mol. The Kier molecular flexibility index (Phi) is 5.70. The van der Waals surface area contributed by atoms with Gasteiger partial charge in [0.1, 0.15) is 5.76 Å². The molecular weight excluding hydrogens is 272 g/mol. The molecule has 0 amide bonds. The Labute approximate surface area is 133 Å². The summed E-state index contributed by atoms with van der Waals surface area (Å²) in [6.07, 6.45) is 9.54. The summed E-state index contributed by atoms with van der Waals surface area (Å²) in [7, 11) is 0. The van der Waals surface area contributed by atoms with Crippen molar-refractivity contribution in [1.82, 2.24) is 4.90 Å². The average Bonchev–Trinajstić information content (AvgIpc) is 2.51. The molecule has 22 heavy (non-hydrogen) atoms. The highest BCUT2D eigenvalue weighted by atomic mass is 16.5. The molecule has 1 aromatic carbocycles. The molecule has 2 rings (SSSR count).